The minimum atomic E-state index is 0.0616. The van der Waals surface area contributed by atoms with Crippen molar-refractivity contribution in [1.29, 1.82) is 5.26 Å². The monoisotopic (exact) mass is 403 g/mol. The number of benzene rings is 1. The molecule has 0 aliphatic carbocycles. The van der Waals surface area contributed by atoms with E-state index in [4.69, 9.17) is 0 Å². The average Bonchev–Trinajstić information content (AvgIpc) is 2.84. The maximum atomic E-state index is 13.0. The van der Waals surface area contributed by atoms with Crippen molar-refractivity contribution in [1.82, 2.24) is 9.88 Å². The molecule has 2 saturated heterocycles. The molecule has 3 heterocycles. The van der Waals surface area contributed by atoms with Crippen molar-refractivity contribution in [3.63, 3.8) is 0 Å². The van der Waals surface area contributed by atoms with Crippen LogP contribution in [-0.4, -0.2) is 61.3 Å². The van der Waals surface area contributed by atoms with Gasteiger partial charge in [-0.3, -0.25) is 9.59 Å². The van der Waals surface area contributed by atoms with E-state index in [9.17, 15) is 14.9 Å². The number of aromatic nitrogens is 1. The van der Waals surface area contributed by atoms with Gasteiger partial charge in [0.05, 0.1) is 5.56 Å². The first-order valence-electron chi connectivity index (χ1n) is 10.4. The fraction of sp³-hybridized carbons (Fsp3) is 0.391. The van der Waals surface area contributed by atoms with Crippen LogP contribution in [0.5, 0.6) is 0 Å². The van der Waals surface area contributed by atoms with Crippen molar-refractivity contribution in [3.8, 4) is 6.07 Å². The summed E-state index contributed by atoms with van der Waals surface area (Å²) in [6, 6.07) is 13.3. The van der Waals surface area contributed by atoms with Gasteiger partial charge in [0.15, 0.2) is 0 Å². The van der Waals surface area contributed by atoms with E-state index in [1.54, 1.807) is 18.3 Å². The second kappa shape index (κ2) is 8.95. The number of rotatable bonds is 4. The second-order valence-corrected chi connectivity index (χ2v) is 7.77. The molecule has 2 aliphatic heterocycles. The minimum Gasteiger partial charge on any atom is -0.371 e. The highest BCUT2D eigenvalue weighted by Crippen LogP contribution is 2.26. The number of nitrogens with zero attached hydrogens (tertiary/aromatic N) is 5. The number of aldehydes is 1. The summed E-state index contributed by atoms with van der Waals surface area (Å²) in [6.07, 6.45) is 4.23. The largest absolute Gasteiger partial charge is 0.371 e. The standard InChI is InChI=1S/C23H25N5O2/c24-16-20-2-1-9-25-22(20)27-12-14-28(15-13-27)23(30)19-7-10-26(11-8-19)21-5-3-18(17-29)4-6-21/h1-6,9,17,19H,7-8,10-15H2. The Hall–Kier alpha value is -3.40. The topological polar surface area (TPSA) is 80.5 Å². The van der Waals surface area contributed by atoms with Crippen LogP contribution in [-0.2, 0) is 4.79 Å². The Morgan fingerprint density at radius 3 is 2.33 bits per heavy atom. The summed E-state index contributed by atoms with van der Waals surface area (Å²) in [7, 11) is 0. The third-order valence-electron chi connectivity index (χ3n) is 6.04. The molecular weight excluding hydrogens is 378 g/mol. The molecule has 4 rings (SSSR count). The zero-order valence-electron chi connectivity index (χ0n) is 16.9. The molecule has 0 radical (unpaired) electrons. The molecule has 0 bridgehead atoms. The van der Waals surface area contributed by atoms with Crippen molar-refractivity contribution >= 4 is 23.7 Å². The number of hydrogen-bond donors (Lipinski definition) is 0. The van der Waals surface area contributed by atoms with Gasteiger partial charge in [-0.1, -0.05) is 0 Å². The molecule has 0 atom stereocenters. The van der Waals surface area contributed by atoms with Gasteiger partial charge in [-0.2, -0.15) is 5.26 Å². The van der Waals surface area contributed by atoms with Crippen LogP contribution in [0.25, 0.3) is 0 Å². The Bertz CT molecular complexity index is 937. The first-order valence-corrected chi connectivity index (χ1v) is 10.4. The fourth-order valence-electron chi connectivity index (χ4n) is 4.28. The van der Waals surface area contributed by atoms with E-state index in [2.05, 4.69) is 20.9 Å². The summed E-state index contributed by atoms with van der Waals surface area (Å²) < 4.78 is 0. The summed E-state index contributed by atoms with van der Waals surface area (Å²) in [6.45, 7) is 4.40. The molecule has 0 saturated carbocycles. The lowest BCUT2D eigenvalue weighted by molar-refractivity contribution is -0.136. The van der Waals surface area contributed by atoms with Gasteiger partial charge in [0.2, 0.25) is 5.91 Å². The highest BCUT2D eigenvalue weighted by atomic mass is 16.2. The van der Waals surface area contributed by atoms with Gasteiger partial charge in [0.1, 0.15) is 18.2 Å². The van der Waals surface area contributed by atoms with Gasteiger partial charge < -0.3 is 14.7 Å². The molecule has 2 aromatic rings. The maximum Gasteiger partial charge on any atom is 0.225 e. The lowest BCUT2D eigenvalue weighted by atomic mass is 9.94. The van der Waals surface area contributed by atoms with Crippen molar-refractivity contribution in [2.75, 3.05) is 49.1 Å². The normalized spacial score (nSPS) is 17.5. The number of piperidine rings is 1. The van der Waals surface area contributed by atoms with Gasteiger partial charge in [-0.15, -0.1) is 0 Å². The molecule has 2 aliphatic rings. The second-order valence-electron chi connectivity index (χ2n) is 7.77. The highest BCUT2D eigenvalue weighted by molar-refractivity contribution is 5.80. The molecule has 30 heavy (non-hydrogen) atoms. The van der Waals surface area contributed by atoms with Crippen LogP contribution in [0.4, 0.5) is 11.5 Å². The van der Waals surface area contributed by atoms with Crippen molar-refractivity contribution in [2.45, 2.75) is 12.8 Å². The molecular formula is C23H25N5O2. The van der Waals surface area contributed by atoms with E-state index in [0.29, 0.717) is 43.1 Å². The number of carbonyl (C=O) groups is 2. The molecule has 7 nitrogen and oxygen atoms in total. The smallest absolute Gasteiger partial charge is 0.225 e. The number of carbonyl (C=O) groups excluding carboxylic acids is 2. The van der Waals surface area contributed by atoms with Gasteiger partial charge in [-0.05, 0) is 49.2 Å². The first-order chi connectivity index (χ1) is 14.7. The zero-order valence-corrected chi connectivity index (χ0v) is 16.9. The lowest BCUT2D eigenvalue weighted by Gasteiger charge is -2.39. The first kappa shape index (κ1) is 19.9. The Balaban J connectivity index is 1.30. The van der Waals surface area contributed by atoms with Crippen LogP contribution in [0.1, 0.15) is 28.8 Å². The molecule has 0 N–H and O–H groups in total. The summed E-state index contributed by atoms with van der Waals surface area (Å²) >= 11 is 0. The van der Waals surface area contributed by atoms with Crippen LogP contribution in [0.3, 0.4) is 0 Å². The third-order valence-corrected chi connectivity index (χ3v) is 6.04. The van der Waals surface area contributed by atoms with Crippen molar-refractivity contribution < 1.29 is 9.59 Å². The van der Waals surface area contributed by atoms with E-state index in [1.807, 2.05) is 29.2 Å². The Morgan fingerprint density at radius 2 is 1.70 bits per heavy atom. The van der Waals surface area contributed by atoms with Crippen molar-refractivity contribution in [2.24, 2.45) is 5.92 Å². The SMILES string of the molecule is N#Cc1cccnc1N1CCN(C(=O)C2CCN(c3ccc(C=O)cc3)CC2)CC1. The average molecular weight is 403 g/mol. The third kappa shape index (κ3) is 4.13. The maximum absolute atomic E-state index is 13.0. The van der Waals surface area contributed by atoms with Gasteiger partial charge in [0, 0.05) is 62.6 Å². The molecule has 1 amide bonds. The number of hydrogen-bond acceptors (Lipinski definition) is 6. The van der Waals surface area contributed by atoms with E-state index in [0.717, 1.165) is 37.9 Å². The quantitative estimate of drug-likeness (QED) is 0.729. The fourth-order valence-corrected chi connectivity index (χ4v) is 4.28. The van der Waals surface area contributed by atoms with E-state index in [1.165, 1.54) is 0 Å². The van der Waals surface area contributed by atoms with Crippen molar-refractivity contribution in [3.05, 3.63) is 53.7 Å². The number of pyridine rings is 1. The summed E-state index contributed by atoms with van der Waals surface area (Å²) in [5.74, 6) is 1.01. The molecule has 0 unspecified atom stereocenters. The predicted octanol–water partition coefficient (Wildman–Crippen LogP) is 2.33. The molecule has 1 aromatic heterocycles. The predicted molar refractivity (Wildman–Crippen MR) is 115 cm³/mol. The number of piperazine rings is 1. The summed E-state index contributed by atoms with van der Waals surface area (Å²) in [5, 5.41) is 9.29. The lowest BCUT2D eigenvalue weighted by Crippen LogP contribution is -2.52. The minimum absolute atomic E-state index is 0.0616. The Morgan fingerprint density at radius 1 is 1.00 bits per heavy atom. The number of nitriles is 1. The van der Waals surface area contributed by atoms with E-state index < -0.39 is 0 Å². The van der Waals surface area contributed by atoms with Crippen LogP contribution < -0.4 is 9.80 Å². The van der Waals surface area contributed by atoms with Crippen LogP contribution in [0.15, 0.2) is 42.6 Å². The van der Waals surface area contributed by atoms with Gasteiger partial charge >= 0.3 is 0 Å². The number of amides is 1. The van der Waals surface area contributed by atoms with Crippen LogP contribution >= 0.6 is 0 Å². The molecule has 7 heteroatoms. The zero-order chi connectivity index (χ0) is 20.9. The number of anilines is 2. The van der Waals surface area contributed by atoms with Crippen LogP contribution in [0, 0.1) is 17.2 Å². The Labute approximate surface area is 176 Å². The highest BCUT2D eigenvalue weighted by Gasteiger charge is 2.31. The molecule has 2 fully saturated rings. The molecule has 1 aromatic carbocycles. The van der Waals surface area contributed by atoms with Gasteiger partial charge in [0.25, 0.3) is 0 Å². The van der Waals surface area contributed by atoms with E-state index in [-0.39, 0.29) is 11.8 Å². The summed E-state index contributed by atoms with van der Waals surface area (Å²) in [5.41, 5.74) is 2.35. The van der Waals surface area contributed by atoms with E-state index >= 15 is 0 Å². The van der Waals surface area contributed by atoms with Gasteiger partial charge in [-0.25, -0.2) is 4.98 Å². The molecule has 154 valence electrons. The van der Waals surface area contributed by atoms with Crippen LogP contribution in [0.2, 0.25) is 0 Å². The summed E-state index contributed by atoms with van der Waals surface area (Å²) in [4.78, 5) is 34.5. The molecule has 0 spiro atoms. The Kier molecular flexibility index (Phi) is 5.94.